The van der Waals surface area contributed by atoms with E-state index < -0.39 is 0 Å². The molecule has 2 rings (SSSR count). The molecule has 92 valence electrons. The number of benzene rings is 1. The molecule has 0 fully saturated rings. The van der Waals surface area contributed by atoms with Gasteiger partial charge in [0.2, 0.25) is 0 Å². The molecule has 0 saturated carbocycles. The lowest BCUT2D eigenvalue weighted by Gasteiger charge is -2.20. The van der Waals surface area contributed by atoms with Gasteiger partial charge in [0.25, 0.3) is 0 Å². The summed E-state index contributed by atoms with van der Waals surface area (Å²) in [6.45, 7) is 8.44. The molecule has 1 aromatic heterocycles. The van der Waals surface area contributed by atoms with E-state index in [1.807, 2.05) is 22.9 Å². The maximum absolute atomic E-state index is 4.17. The predicted molar refractivity (Wildman–Crippen MR) is 69.9 cm³/mol. The second kappa shape index (κ2) is 4.84. The zero-order chi connectivity index (χ0) is 12.3. The Labute approximate surface area is 102 Å². The van der Waals surface area contributed by atoms with Crippen LogP contribution < -0.4 is 5.32 Å². The minimum atomic E-state index is 0.185. The van der Waals surface area contributed by atoms with E-state index in [0.717, 1.165) is 30.5 Å². The van der Waals surface area contributed by atoms with E-state index in [1.165, 1.54) is 0 Å². The van der Waals surface area contributed by atoms with E-state index in [9.17, 15) is 0 Å². The molecule has 1 aromatic carbocycles. The highest BCUT2D eigenvalue weighted by atomic mass is 15.4. The quantitative estimate of drug-likeness (QED) is 0.822. The molecule has 0 unspecified atom stereocenters. The third kappa shape index (κ3) is 3.27. The molecule has 0 atom stereocenters. The van der Waals surface area contributed by atoms with Crippen molar-refractivity contribution in [2.45, 2.75) is 39.3 Å². The van der Waals surface area contributed by atoms with Gasteiger partial charge in [-0.2, -0.15) is 0 Å². The van der Waals surface area contributed by atoms with Crippen LogP contribution >= 0.6 is 0 Å². The summed E-state index contributed by atoms with van der Waals surface area (Å²) in [6.07, 6.45) is 1.06. The summed E-state index contributed by atoms with van der Waals surface area (Å²) in [4.78, 5) is 0. The Morgan fingerprint density at radius 3 is 2.76 bits per heavy atom. The molecular formula is C13H20N4. The average molecular weight is 232 g/mol. The zero-order valence-electron chi connectivity index (χ0n) is 10.8. The molecule has 0 saturated heterocycles. The van der Waals surface area contributed by atoms with Crippen molar-refractivity contribution < 1.29 is 0 Å². The molecule has 0 aliphatic heterocycles. The van der Waals surface area contributed by atoms with Crippen molar-refractivity contribution in [1.29, 1.82) is 0 Å². The topological polar surface area (TPSA) is 42.7 Å². The molecule has 2 aromatic rings. The molecule has 0 amide bonds. The van der Waals surface area contributed by atoms with Crippen LogP contribution in [0.3, 0.4) is 0 Å². The van der Waals surface area contributed by atoms with Gasteiger partial charge in [0.1, 0.15) is 5.52 Å². The van der Waals surface area contributed by atoms with Crippen LogP contribution in [-0.4, -0.2) is 27.1 Å². The van der Waals surface area contributed by atoms with Crippen LogP contribution in [0.4, 0.5) is 0 Å². The van der Waals surface area contributed by atoms with Crippen molar-refractivity contribution in [3.8, 4) is 0 Å². The molecule has 1 heterocycles. The van der Waals surface area contributed by atoms with Gasteiger partial charge in [-0.1, -0.05) is 17.3 Å². The third-order valence-electron chi connectivity index (χ3n) is 2.62. The zero-order valence-corrected chi connectivity index (χ0v) is 10.8. The molecule has 17 heavy (non-hydrogen) atoms. The first-order chi connectivity index (χ1) is 8.06. The highest BCUT2D eigenvalue weighted by Gasteiger charge is 2.08. The van der Waals surface area contributed by atoms with Gasteiger partial charge in [0.05, 0.1) is 5.52 Å². The Bertz CT molecular complexity index is 481. The summed E-state index contributed by atoms with van der Waals surface area (Å²) in [7, 11) is 0. The standard InChI is InChI=1S/C13H20N4/c1-13(2,3)14-9-6-10-17-12-8-5-4-7-11(12)15-16-17/h4-5,7-8,14H,6,9-10H2,1-3H3. The molecule has 0 bridgehead atoms. The van der Waals surface area contributed by atoms with E-state index in [0.29, 0.717) is 0 Å². The van der Waals surface area contributed by atoms with Crippen LogP contribution in [0.15, 0.2) is 24.3 Å². The molecule has 4 nitrogen and oxygen atoms in total. The van der Waals surface area contributed by atoms with Gasteiger partial charge in [-0.25, -0.2) is 4.68 Å². The number of rotatable bonds is 4. The predicted octanol–water partition coefficient (Wildman–Crippen LogP) is 2.21. The first-order valence-electron chi connectivity index (χ1n) is 6.09. The van der Waals surface area contributed by atoms with Crippen LogP contribution in [0.2, 0.25) is 0 Å². The Hall–Kier alpha value is -1.42. The van der Waals surface area contributed by atoms with Gasteiger partial charge in [-0.3, -0.25) is 0 Å². The van der Waals surface area contributed by atoms with E-state index in [-0.39, 0.29) is 5.54 Å². The van der Waals surface area contributed by atoms with Gasteiger partial charge in [0, 0.05) is 12.1 Å². The van der Waals surface area contributed by atoms with Gasteiger partial charge in [-0.15, -0.1) is 5.10 Å². The number of hydrogen-bond donors (Lipinski definition) is 1. The monoisotopic (exact) mass is 232 g/mol. The minimum absolute atomic E-state index is 0.185. The summed E-state index contributed by atoms with van der Waals surface area (Å²) < 4.78 is 1.97. The third-order valence-corrected chi connectivity index (χ3v) is 2.62. The van der Waals surface area contributed by atoms with Crippen molar-refractivity contribution in [2.24, 2.45) is 0 Å². The number of aromatic nitrogens is 3. The fourth-order valence-corrected chi connectivity index (χ4v) is 1.77. The van der Waals surface area contributed by atoms with Crippen LogP contribution in [0, 0.1) is 0 Å². The number of para-hydroxylation sites is 1. The van der Waals surface area contributed by atoms with Crippen molar-refractivity contribution in [3.63, 3.8) is 0 Å². The van der Waals surface area contributed by atoms with E-state index in [4.69, 9.17) is 0 Å². The Kier molecular flexibility index (Phi) is 3.43. The number of nitrogens with zero attached hydrogens (tertiary/aromatic N) is 3. The van der Waals surface area contributed by atoms with E-state index in [2.05, 4.69) is 42.5 Å². The molecule has 0 aliphatic rings. The normalized spacial score (nSPS) is 12.2. The van der Waals surface area contributed by atoms with Crippen molar-refractivity contribution in [3.05, 3.63) is 24.3 Å². The van der Waals surface area contributed by atoms with Crippen LogP contribution in [0.5, 0.6) is 0 Å². The molecule has 4 heteroatoms. The Morgan fingerprint density at radius 1 is 1.24 bits per heavy atom. The van der Waals surface area contributed by atoms with E-state index >= 15 is 0 Å². The summed E-state index contributed by atoms with van der Waals surface area (Å²) in [6, 6.07) is 8.07. The van der Waals surface area contributed by atoms with Crippen molar-refractivity contribution in [2.75, 3.05) is 6.54 Å². The first-order valence-corrected chi connectivity index (χ1v) is 6.09. The van der Waals surface area contributed by atoms with Crippen molar-refractivity contribution in [1.82, 2.24) is 20.3 Å². The fourth-order valence-electron chi connectivity index (χ4n) is 1.77. The second-order valence-corrected chi connectivity index (χ2v) is 5.33. The van der Waals surface area contributed by atoms with Crippen LogP contribution in [-0.2, 0) is 6.54 Å². The summed E-state index contributed by atoms with van der Waals surface area (Å²) in [5, 5.41) is 11.8. The SMILES string of the molecule is CC(C)(C)NCCCn1nnc2ccccc21. The fraction of sp³-hybridized carbons (Fsp3) is 0.538. The minimum Gasteiger partial charge on any atom is -0.312 e. The van der Waals surface area contributed by atoms with Crippen molar-refractivity contribution >= 4 is 11.0 Å². The lowest BCUT2D eigenvalue weighted by molar-refractivity contribution is 0.409. The van der Waals surface area contributed by atoms with Gasteiger partial charge >= 0.3 is 0 Å². The van der Waals surface area contributed by atoms with E-state index in [1.54, 1.807) is 0 Å². The largest absolute Gasteiger partial charge is 0.312 e. The second-order valence-electron chi connectivity index (χ2n) is 5.33. The summed E-state index contributed by atoms with van der Waals surface area (Å²) >= 11 is 0. The number of fused-ring (bicyclic) bond motifs is 1. The number of aryl methyl sites for hydroxylation is 1. The smallest absolute Gasteiger partial charge is 0.113 e. The molecule has 0 aliphatic carbocycles. The first kappa shape index (κ1) is 12.0. The number of nitrogens with one attached hydrogen (secondary N) is 1. The molecule has 1 N–H and O–H groups in total. The lowest BCUT2D eigenvalue weighted by Crippen LogP contribution is -2.36. The molecular weight excluding hydrogens is 212 g/mol. The van der Waals surface area contributed by atoms with Crippen LogP contribution in [0.25, 0.3) is 11.0 Å². The maximum atomic E-state index is 4.17. The maximum Gasteiger partial charge on any atom is 0.113 e. The summed E-state index contributed by atoms with van der Waals surface area (Å²) in [5.41, 5.74) is 2.27. The average Bonchev–Trinajstić information content (AvgIpc) is 2.67. The highest BCUT2D eigenvalue weighted by Crippen LogP contribution is 2.09. The Balaban J connectivity index is 1.91. The number of hydrogen-bond acceptors (Lipinski definition) is 3. The summed E-state index contributed by atoms with van der Waals surface area (Å²) in [5.74, 6) is 0. The van der Waals surface area contributed by atoms with Gasteiger partial charge in [-0.05, 0) is 45.9 Å². The highest BCUT2D eigenvalue weighted by molar-refractivity contribution is 5.73. The molecule has 0 radical (unpaired) electrons. The van der Waals surface area contributed by atoms with Gasteiger partial charge in [0.15, 0.2) is 0 Å². The lowest BCUT2D eigenvalue weighted by atomic mass is 10.1. The molecule has 0 spiro atoms. The van der Waals surface area contributed by atoms with Gasteiger partial charge < -0.3 is 5.32 Å². The Morgan fingerprint density at radius 2 is 2.00 bits per heavy atom. The van der Waals surface area contributed by atoms with Crippen LogP contribution in [0.1, 0.15) is 27.2 Å².